The van der Waals surface area contributed by atoms with Crippen molar-refractivity contribution >= 4 is 5.97 Å². The molecule has 0 unspecified atom stereocenters. The minimum atomic E-state index is -0.917. The average molecular weight is 207 g/mol. The van der Waals surface area contributed by atoms with E-state index in [1.165, 1.54) is 4.68 Å². The van der Waals surface area contributed by atoms with Crippen LogP contribution in [0.3, 0.4) is 0 Å². The van der Waals surface area contributed by atoms with Gasteiger partial charge >= 0.3 is 5.97 Å². The first-order chi connectivity index (χ1) is 7.24. The Kier molecular flexibility index (Phi) is 2.49. The van der Waals surface area contributed by atoms with Gasteiger partial charge in [0, 0.05) is 6.20 Å². The normalized spacial score (nSPS) is 10.4. The molecule has 78 valence electrons. The zero-order valence-electron chi connectivity index (χ0n) is 7.83. The van der Waals surface area contributed by atoms with Crippen molar-refractivity contribution in [3.8, 4) is 0 Å². The highest BCUT2D eigenvalue weighted by molar-refractivity contribution is 5.69. The molecule has 0 bridgehead atoms. The summed E-state index contributed by atoms with van der Waals surface area (Å²) in [6.07, 6.45) is 3.05. The van der Waals surface area contributed by atoms with Gasteiger partial charge in [-0.25, -0.2) is 4.68 Å². The molecule has 0 aliphatic rings. The third-order valence-corrected chi connectivity index (χ3v) is 1.82. The molecule has 6 heteroatoms. The van der Waals surface area contributed by atoms with E-state index in [9.17, 15) is 4.79 Å². The molecule has 2 aromatic rings. The van der Waals surface area contributed by atoms with Crippen LogP contribution in [0.5, 0.6) is 0 Å². The van der Waals surface area contributed by atoms with Gasteiger partial charge in [0.2, 0.25) is 0 Å². The molecule has 0 amide bonds. The minimum Gasteiger partial charge on any atom is -0.481 e. The Hall–Kier alpha value is -2.11. The molecule has 0 fully saturated rings. The summed E-state index contributed by atoms with van der Waals surface area (Å²) in [5.41, 5.74) is 0.439. The fourth-order valence-electron chi connectivity index (χ4n) is 1.21. The predicted octanol–water partition coefficient (Wildman–Crippen LogP) is 0.547. The lowest BCUT2D eigenvalue weighted by atomic mass is 10.3. The van der Waals surface area contributed by atoms with Gasteiger partial charge in [-0.2, -0.15) is 0 Å². The van der Waals surface area contributed by atoms with E-state index in [0.717, 1.165) is 5.76 Å². The summed E-state index contributed by atoms with van der Waals surface area (Å²) in [6.45, 7) is 0.458. The number of carbonyl (C=O) groups is 1. The number of hydrogen-bond donors (Lipinski definition) is 1. The Balaban J connectivity index is 2.04. The van der Waals surface area contributed by atoms with Crippen LogP contribution in [-0.4, -0.2) is 26.1 Å². The number of hydrogen-bond acceptors (Lipinski definition) is 4. The van der Waals surface area contributed by atoms with Gasteiger partial charge in [-0.3, -0.25) is 4.79 Å². The highest BCUT2D eigenvalue weighted by Crippen LogP contribution is 2.03. The number of nitrogens with zero attached hydrogens (tertiary/aromatic N) is 3. The van der Waals surface area contributed by atoms with Crippen LogP contribution >= 0.6 is 0 Å². The minimum absolute atomic E-state index is 0.113. The van der Waals surface area contributed by atoms with Crippen LogP contribution in [0.1, 0.15) is 11.5 Å². The van der Waals surface area contributed by atoms with Gasteiger partial charge in [0.05, 0.1) is 18.4 Å². The second-order valence-corrected chi connectivity index (χ2v) is 3.06. The highest BCUT2D eigenvalue weighted by atomic mass is 16.4. The fraction of sp³-hybridized carbons (Fsp3) is 0.222. The topological polar surface area (TPSA) is 81.1 Å². The van der Waals surface area contributed by atoms with E-state index in [0.29, 0.717) is 12.2 Å². The van der Waals surface area contributed by atoms with Gasteiger partial charge in [0.1, 0.15) is 12.3 Å². The van der Waals surface area contributed by atoms with Crippen LogP contribution in [-0.2, 0) is 17.8 Å². The van der Waals surface area contributed by atoms with Crippen molar-refractivity contribution in [3.05, 3.63) is 36.0 Å². The van der Waals surface area contributed by atoms with Crippen LogP contribution < -0.4 is 0 Å². The van der Waals surface area contributed by atoms with Crippen molar-refractivity contribution in [3.63, 3.8) is 0 Å². The molecule has 15 heavy (non-hydrogen) atoms. The fourth-order valence-corrected chi connectivity index (χ4v) is 1.21. The monoisotopic (exact) mass is 207 g/mol. The summed E-state index contributed by atoms with van der Waals surface area (Å²) in [7, 11) is 0. The molecule has 0 atom stereocenters. The Morgan fingerprint density at radius 3 is 3.13 bits per heavy atom. The summed E-state index contributed by atoms with van der Waals surface area (Å²) in [4.78, 5) is 10.4. The van der Waals surface area contributed by atoms with E-state index in [1.54, 1.807) is 18.5 Å². The lowest BCUT2D eigenvalue weighted by Crippen LogP contribution is -2.00. The van der Waals surface area contributed by atoms with Crippen LogP contribution in [0, 0.1) is 0 Å². The standard InChI is InChI=1S/C9H9N3O3/c13-9(14)4-7-5-12(11-10-7)6-8-2-1-3-15-8/h1-3,5H,4,6H2,(H,13,14). The maximum absolute atomic E-state index is 10.4. The number of carboxylic acid groups (broad SMARTS) is 1. The van der Waals surface area contributed by atoms with E-state index in [-0.39, 0.29) is 6.42 Å². The van der Waals surface area contributed by atoms with Crippen LogP contribution in [0.4, 0.5) is 0 Å². The van der Waals surface area contributed by atoms with Gasteiger partial charge in [-0.1, -0.05) is 5.21 Å². The van der Waals surface area contributed by atoms with Gasteiger partial charge in [0.15, 0.2) is 0 Å². The van der Waals surface area contributed by atoms with Crippen LogP contribution in [0.25, 0.3) is 0 Å². The quantitative estimate of drug-likeness (QED) is 0.791. The van der Waals surface area contributed by atoms with Crippen molar-refractivity contribution < 1.29 is 14.3 Å². The van der Waals surface area contributed by atoms with E-state index < -0.39 is 5.97 Å². The van der Waals surface area contributed by atoms with E-state index >= 15 is 0 Å². The first-order valence-electron chi connectivity index (χ1n) is 4.37. The Morgan fingerprint density at radius 2 is 2.47 bits per heavy atom. The molecule has 2 rings (SSSR count). The molecular formula is C9H9N3O3. The molecule has 2 heterocycles. The first-order valence-corrected chi connectivity index (χ1v) is 4.37. The molecule has 0 aliphatic carbocycles. The molecule has 0 saturated carbocycles. The summed E-state index contributed by atoms with van der Waals surface area (Å²) in [6, 6.07) is 3.60. The molecule has 1 N–H and O–H groups in total. The summed E-state index contributed by atoms with van der Waals surface area (Å²) >= 11 is 0. The van der Waals surface area contributed by atoms with Crippen LogP contribution in [0.2, 0.25) is 0 Å². The number of furan rings is 1. The SMILES string of the molecule is O=C(O)Cc1cn(Cc2ccco2)nn1. The van der Waals surface area contributed by atoms with Gasteiger partial charge in [-0.05, 0) is 12.1 Å². The molecule has 0 radical (unpaired) electrons. The lowest BCUT2D eigenvalue weighted by molar-refractivity contribution is -0.136. The lowest BCUT2D eigenvalue weighted by Gasteiger charge is -1.94. The van der Waals surface area contributed by atoms with E-state index in [2.05, 4.69) is 10.3 Å². The maximum atomic E-state index is 10.4. The second-order valence-electron chi connectivity index (χ2n) is 3.06. The Morgan fingerprint density at radius 1 is 1.60 bits per heavy atom. The van der Waals surface area contributed by atoms with Crippen molar-refractivity contribution in [2.24, 2.45) is 0 Å². The van der Waals surface area contributed by atoms with Crippen molar-refractivity contribution in [1.29, 1.82) is 0 Å². The maximum Gasteiger partial charge on any atom is 0.309 e. The number of aliphatic carboxylic acids is 1. The predicted molar refractivity (Wildman–Crippen MR) is 49.2 cm³/mol. The van der Waals surface area contributed by atoms with Gasteiger partial charge < -0.3 is 9.52 Å². The third-order valence-electron chi connectivity index (χ3n) is 1.82. The van der Waals surface area contributed by atoms with Gasteiger partial charge in [-0.15, -0.1) is 5.10 Å². The van der Waals surface area contributed by atoms with Crippen molar-refractivity contribution in [2.45, 2.75) is 13.0 Å². The summed E-state index contributed by atoms with van der Waals surface area (Å²) < 4.78 is 6.66. The molecule has 2 aromatic heterocycles. The van der Waals surface area contributed by atoms with Gasteiger partial charge in [0.25, 0.3) is 0 Å². The zero-order valence-corrected chi connectivity index (χ0v) is 7.83. The first kappa shape index (κ1) is 9.45. The van der Waals surface area contributed by atoms with Crippen molar-refractivity contribution in [1.82, 2.24) is 15.0 Å². The largest absolute Gasteiger partial charge is 0.481 e. The number of aromatic nitrogens is 3. The van der Waals surface area contributed by atoms with Crippen LogP contribution in [0.15, 0.2) is 29.0 Å². The molecule has 0 aliphatic heterocycles. The highest BCUT2D eigenvalue weighted by Gasteiger charge is 2.06. The third kappa shape index (κ3) is 2.43. The summed E-state index contributed by atoms with van der Waals surface area (Å²) in [5.74, 6) is -0.165. The van der Waals surface area contributed by atoms with Crippen molar-refractivity contribution in [2.75, 3.05) is 0 Å². The molecule has 0 saturated heterocycles. The molecular weight excluding hydrogens is 198 g/mol. The smallest absolute Gasteiger partial charge is 0.309 e. The number of carboxylic acids is 1. The Labute approximate surface area is 85.1 Å². The molecule has 6 nitrogen and oxygen atoms in total. The second kappa shape index (κ2) is 3.95. The Bertz CT molecular complexity index is 447. The molecule has 0 aromatic carbocycles. The zero-order chi connectivity index (χ0) is 10.7. The number of rotatable bonds is 4. The summed E-state index contributed by atoms with van der Waals surface area (Å²) in [5, 5.41) is 16.1. The average Bonchev–Trinajstić information content (AvgIpc) is 2.77. The molecule has 0 spiro atoms. The van der Waals surface area contributed by atoms with E-state index in [1.807, 2.05) is 6.07 Å². The van der Waals surface area contributed by atoms with E-state index in [4.69, 9.17) is 9.52 Å².